The molecule has 0 aromatic heterocycles. The van der Waals surface area contributed by atoms with E-state index in [0.29, 0.717) is 4.90 Å². The molecule has 4 unspecified atom stereocenters. The number of hydrogen-bond donors (Lipinski definition) is 1. The average Bonchev–Trinajstić information content (AvgIpc) is 3.14. The molecule has 0 radical (unpaired) electrons. The summed E-state index contributed by atoms with van der Waals surface area (Å²) >= 11 is 1.02. The van der Waals surface area contributed by atoms with Crippen molar-refractivity contribution in [3.8, 4) is 0 Å². The largest absolute Gasteiger partial charge is 0.465 e. The van der Waals surface area contributed by atoms with Crippen LogP contribution in [0.2, 0.25) is 0 Å². The monoisotopic (exact) mass is 871 g/mol. The highest BCUT2D eigenvalue weighted by Gasteiger charge is 2.63. The number of rotatable bonds is 17. The molecule has 60 heavy (non-hydrogen) atoms. The van der Waals surface area contributed by atoms with E-state index in [2.05, 4.69) is 5.32 Å². The SMILES string of the molecule is COC(=O)C1(O[C@H]2[C@@H](OC(C)=O)[C@@H](COC(C)=O)O[C@@H](Sc3ccccc3)[C@@H]2OC(C)=O)C[C@@H](OC(C)=O)[C@@H](NC(C)=O)C(C(OC(C)=O)C(COC(C)=O)OC(C)=O)O1. The summed E-state index contributed by atoms with van der Waals surface area (Å²) < 4.78 is 63.0. The smallest absolute Gasteiger partial charge is 0.366 e. The fourth-order valence-corrected chi connectivity index (χ4v) is 7.59. The van der Waals surface area contributed by atoms with E-state index in [0.717, 1.165) is 74.3 Å². The number of esters is 8. The molecule has 2 aliphatic rings. The van der Waals surface area contributed by atoms with E-state index in [1.165, 1.54) is 0 Å². The summed E-state index contributed by atoms with van der Waals surface area (Å²) in [6, 6.07) is 7.03. The molecule has 0 saturated carbocycles. The van der Waals surface area contributed by atoms with Crippen molar-refractivity contribution in [1.29, 1.82) is 0 Å². The lowest BCUT2D eigenvalue weighted by Crippen LogP contribution is -2.71. The highest BCUT2D eigenvalue weighted by molar-refractivity contribution is 7.99. The van der Waals surface area contributed by atoms with Crippen molar-refractivity contribution in [3.63, 3.8) is 0 Å². The third-order valence-corrected chi connectivity index (χ3v) is 9.62. The highest BCUT2D eigenvalue weighted by Crippen LogP contribution is 2.43. The second-order valence-electron chi connectivity index (χ2n) is 13.4. The van der Waals surface area contributed by atoms with Crippen LogP contribution in [0.15, 0.2) is 35.2 Å². The second-order valence-corrected chi connectivity index (χ2v) is 14.6. The van der Waals surface area contributed by atoms with Crippen LogP contribution in [-0.2, 0) is 95.3 Å². The van der Waals surface area contributed by atoms with Gasteiger partial charge in [-0.15, -0.1) is 0 Å². The first-order valence-corrected chi connectivity index (χ1v) is 19.2. The fraction of sp³-hybridized carbons (Fsp3) is 0.605. The van der Waals surface area contributed by atoms with E-state index in [4.69, 9.17) is 52.1 Å². The molecular weight excluding hydrogens is 822 g/mol. The van der Waals surface area contributed by atoms with E-state index in [1.54, 1.807) is 30.3 Å². The highest BCUT2D eigenvalue weighted by atomic mass is 32.2. The van der Waals surface area contributed by atoms with E-state index < -0.39 is 139 Å². The van der Waals surface area contributed by atoms with Gasteiger partial charge in [0.15, 0.2) is 24.4 Å². The number of ether oxygens (including phenoxy) is 11. The topological polar surface area (TPSA) is 267 Å². The lowest BCUT2D eigenvalue weighted by Gasteiger charge is -2.51. The Labute approximate surface area is 348 Å². The van der Waals surface area contributed by atoms with Gasteiger partial charge in [-0.1, -0.05) is 30.0 Å². The Balaban J connectivity index is 2.40. The lowest BCUT2D eigenvalue weighted by atomic mass is 9.87. The zero-order valence-corrected chi connectivity index (χ0v) is 35.2. The number of hydrogen-bond acceptors (Lipinski definition) is 21. The van der Waals surface area contributed by atoms with Gasteiger partial charge in [-0.2, -0.15) is 0 Å². The third-order valence-electron chi connectivity index (χ3n) is 8.46. The first-order valence-electron chi connectivity index (χ1n) is 18.4. The third kappa shape index (κ3) is 14.2. The summed E-state index contributed by atoms with van der Waals surface area (Å²) in [6.45, 7) is 7.00. The molecule has 0 spiro atoms. The van der Waals surface area contributed by atoms with Crippen LogP contribution in [0.5, 0.6) is 0 Å². The minimum absolute atomic E-state index is 0.560. The molecule has 2 saturated heterocycles. The van der Waals surface area contributed by atoms with Gasteiger partial charge in [-0.3, -0.25) is 38.4 Å². The predicted octanol–water partition coefficient (Wildman–Crippen LogP) is 0.836. The van der Waals surface area contributed by atoms with Crippen molar-refractivity contribution in [2.75, 3.05) is 20.3 Å². The van der Waals surface area contributed by atoms with Gasteiger partial charge in [-0.25, -0.2) is 4.79 Å². The maximum Gasteiger partial charge on any atom is 0.366 e. The standard InChI is InChI=1S/C38H49NO20S/c1-18(40)39-30-27(52-21(4)43)15-38(37(48)49-9,58-33(30)31(54-23(6)45)28(53-22(5)44)16-50-19(2)41)59-34-32(55-24(7)46)29(17-51-20(3)42)57-36(35(34)56-25(8)47)60-26-13-11-10-12-14-26/h10-14,27-36H,15-17H2,1-9H3,(H,39,40)/t27-,28?,29-,30-,31?,32+,33?,34+,35-,36+,38?/m1/s1. The summed E-state index contributed by atoms with van der Waals surface area (Å²) in [7, 11) is 0.938. The average molecular weight is 872 g/mol. The quantitative estimate of drug-likeness (QED) is 0.168. The Morgan fingerprint density at radius 3 is 1.83 bits per heavy atom. The summed E-state index contributed by atoms with van der Waals surface area (Å²) in [6.07, 6.45) is -14.4. The molecule has 1 aromatic carbocycles. The fourth-order valence-electron chi connectivity index (χ4n) is 6.46. The molecule has 1 amide bonds. The molecule has 1 aromatic rings. The summed E-state index contributed by atoms with van der Waals surface area (Å²) in [5.74, 6) is -11.3. The summed E-state index contributed by atoms with van der Waals surface area (Å²) in [5.41, 5.74) is -1.26. The van der Waals surface area contributed by atoms with Crippen LogP contribution < -0.4 is 5.32 Å². The van der Waals surface area contributed by atoms with Crippen LogP contribution in [0.25, 0.3) is 0 Å². The van der Waals surface area contributed by atoms with Gasteiger partial charge in [0.2, 0.25) is 5.91 Å². The Morgan fingerprint density at radius 1 is 0.733 bits per heavy atom. The van der Waals surface area contributed by atoms with Crippen molar-refractivity contribution in [1.82, 2.24) is 5.32 Å². The molecular formula is C38H49NO20S. The number of carbonyl (C=O) groups is 9. The number of benzene rings is 1. The molecule has 21 nitrogen and oxygen atoms in total. The van der Waals surface area contributed by atoms with Gasteiger partial charge >= 0.3 is 47.8 Å². The van der Waals surface area contributed by atoms with E-state index in [1.807, 2.05) is 0 Å². The van der Waals surface area contributed by atoms with Crippen LogP contribution in [0.4, 0.5) is 0 Å². The Bertz CT molecular complexity index is 1740. The first kappa shape index (κ1) is 49.0. The predicted molar refractivity (Wildman–Crippen MR) is 199 cm³/mol. The van der Waals surface area contributed by atoms with Gasteiger partial charge in [0.1, 0.15) is 43.1 Å². The number of thioether (sulfide) groups is 1. The van der Waals surface area contributed by atoms with Crippen LogP contribution >= 0.6 is 11.8 Å². The van der Waals surface area contributed by atoms with Gasteiger partial charge in [0.05, 0.1) is 19.6 Å². The molecule has 2 aliphatic heterocycles. The van der Waals surface area contributed by atoms with Crippen LogP contribution in [-0.4, -0.2) is 140 Å². The number of amides is 1. The van der Waals surface area contributed by atoms with Crippen molar-refractivity contribution in [2.24, 2.45) is 0 Å². The zero-order valence-electron chi connectivity index (χ0n) is 34.4. The lowest BCUT2D eigenvalue weighted by molar-refractivity contribution is -0.351. The Morgan fingerprint density at radius 2 is 1.32 bits per heavy atom. The van der Waals surface area contributed by atoms with Crippen molar-refractivity contribution in [3.05, 3.63) is 30.3 Å². The molecule has 22 heteroatoms. The molecule has 3 rings (SSSR count). The first-order chi connectivity index (χ1) is 28.2. The van der Waals surface area contributed by atoms with Crippen molar-refractivity contribution in [2.45, 2.75) is 133 Å². The van der Waals surface area contributed by atoms with E-state index in [9.17, 15) is 43.2 Å². The maximum absolute atomic E-state index is 14.3. The molecule has 2 fully saturated rings. The maximum atomic E-state index is 14.3. The van der Waals surface area contributed by atoms with Gasteiger partial charge in [-0.05, 0) is 12.1 Å². The van der Waals surface area contributed by atoms with Gasteiger partial charge in [0, 0.05) is 60.3 Å². The zero-order chi connectivity index (χ0) is 44.9. The molecule has 0 aliphatic carbocycles. The Kier molecular flexibility index (Phi) is 18.3. The minimum Gasteiger partial charge on any atom is -0.465 e. The van der Waals surface area contributed by atoms with Crippen molar-refractivity contribution < 1.29 is 95.3 Å². The summed E-state index contributed by atoms with van der Waals surface area (Å²) in [5, 5.41) is 2.55. The van der Waals surface area contributed by atoms with Crippen molar-refractivity contribution >= 4 is 65.4 Å². The number of nitrogens with one attached hydrogen (secondary N) is 1. The van der Waals surface area contributed by atoms with Gasteiger partial charge < -0.3 is 57.4 Å². The summed E-state index contributed by atoms with van der Waals surface area (Å²) in [4.78, 5) is 115. The molecule has 2 heterocycles. The van der Waals surface area contributed by atoms with Crippen LogP contribution in [0.3, 0.4) is 0 Å². The van der Waals surface area contributed by atoms with Crippen LogP contribution in [0, 0.1) is 0 Å². The van der Waals surface area contributed by atoms with Gasteiger partial charge in [0.25, 0.3) is 5.79 Å². The second kappa shape index (κ2) is 22.3. The number of carbonyl (C=O) groups excluding carboxylic acids is 9. The minimum atomic E-state index is -2.86. The molecule has 1 N–H and O–H groups in total. The van der Waals surface area contributed by atoms with E-state index in [-0.39, 0.29) is 0 Å². The molecule has 0 bridgehead atoms. The Hall–Kier alpha value is -5.32. The van der Waals surface area contributed by atoms with Crippen LogP contribution in [0.1, 0.15) is 61.8 Å². The molecule has 332 valence electrons. The molecule has 11 atom stereocenters. The van der Waals surface area contributed by atoms with E-state index >= 15 is 0 Å². The number of methoxy groups -OCH3 is 1. The normalized spacial score (nSPS) is 27.0.